The summed E-state index contributed by atoms with van der Waals surface area (Å²) in [6.07, 6.45) is 4.75. The van der Waals surface area contributed by atoms with Crippen molar-refractivity contribution in [1.82, 2.24) is 14.8 Å². The van der Waals surface area contributed by atoms with Crippen LogP contribution in [-0.4, -0.2) is 34.7 Å². The van der Waals surface area contributed by atoms with E-state index >= 15 is 0 Å². The first-order chi connectivity index (χ1) is 5.88. The van der Waals surface area contributed by atoms with Crippen molar-refractivity contribution in [2.45, 2.75) is 18.1 Å². The molecule has 1 aromatic rings. The highest BCUT2D eigenvalue weighted by Crippen LogP contribution is 2.09. The predicted molar refractivity (Wildman–Crippen MR) is 48.3 cm³/mol. The quantitative estimate of drug-likeness (QED) is 0.510. The zero-order valence-electron chi connectivity index (χ0n) is 7.36. The van der Waals surface area contributed by atoms with E-state index in [0.717, 1.165) is 24.7 Å². The Hall–Kier alpha value is -0.550. The normalized spacial score (nSPS) is 10.5. The van der Waals surface area contributed by atoms with Gasteiger partial charge in [-0.1, -0.05) is 11.8 Å². The Morgan fingerprint density at radius 2 is 2.50 bits per heavy atom. The minimum absolute atomic E-state index is 0.784. The van der Waals surface area contributed by atoms with Crippen molar-refractivity contribution in [2.24, 2.45) is 0 Å². The zero-order valence-corrected chi connectivity index (χ0v) is 8.17. The maximum Gasteiger partial charge on any atom is 0.190 e. The number of hydrogen-bond donors (Lipinski definition) is 0. The van der Waals surface area contributed by atoms with Crippen LogP contribution in [0.25, 0.3) is 0 Å². The van der Waals surface area contributed by atoms with Gasteiger partial charge in [0.05, 0.1) is 0 Å². The summed E-state index contributed by atoms with van der Waals surface area (Å²) in [5.74, 6) is 0. The molecule has 0 amide bonds. The van der Waals surface area contributed by atoms with Gasteiger partial charge in [0.15, 0.2) is 5.16 Å². The minimum atomic E-state index is 0.784. The Labute approximate surface area is 76.3 Å². The largest absolute Gasteiger partial charge is 0.385 e. The lowest BCUT2D eigenvalue weighted by atomic mass is 10.4. The van der Waals surface area contributed by atoms with Crippen LogP contribution in [-0.2, 0) is 11.3 Å². The van der Waals surface area contributed by atoms with E-state index in [2.05, 4.69) is 10.2 Å². The molecule has 0 aliphatic carbocycles. The van der Waals surface area contributed by atoms with Crippen LogP contribution in [0.2, 0.25) is 0 Å². The summed E-state index contributed by atoms with van der Waals surface area (Å²) in [6, 6.07) is 0. The van der Waals surface area contributed by atoms with Gasteiger partial charge in [0, 0.05) is 20.3 Å². The first-order valence-electron chi connectivity index (χ1n) is 3.79. The fourth-order valence-electron chi connectivity index (χ4n) is 0.935. The molecule has 1 rings (SSSR count). The van der Waals surface area contributed by atoms with Gasteiger partial charge in [0.1, 0.15) is 6.33 Å². The summed E-state index contributed by atoms with van der Waals surface area (Å²) in [7, 11) is 1.71. The van der Waals surface area contributed by atoms with Crippen molar-refractivity contribution < 1.29 is 4.74 Å². The second-order valence-electron chi connectivity index (χ2n) is 2.36. The van der Waals surface area contributed by atoms with Crippen LogP contribution in [0.5, 0.6) is 0 Å². The third-order valence-corrected chi connectivity index (χ3v) is 2.19. The van der Waals surface area contributed by atoms with Crippen LogP contribution in [0.15, 0.2) is 11.5 Å². The van der Waals surface area contributed by atoms with Crippen molar-refractivity contribution in [2.75, 3.05) is 20.0 Å². The molecule has 5 heteroatoms. The third-order valence-electron chi connectivity index (χ3n) is 1.51. The average Bonchev–Trinajstić information content (AvgIpc) is 2.52. The topological polar surface area (TPSA) is 39.9 Å². The molecule has 1 aromatic heterocycles. The van der Waals surface area contributed by atoms with Gasteiger partial charge in [0.25, 0.3) is 0 Å². The van der Waals surface area contributed by atoms with Gasteiger partial charge in [-0.05, 0) is 12.7 Å². The number of aromatic nitrogens is 3. The number of hydrogen-bond acceptors (Lipinski definition) is 4. The SMILES string of the molecule is COCCCn1cnnc1SC. The summed E-state index contributed by atoms with van der Waals surface area (Å²) in [5, 5.41) is 8.74. The molecule has 12 heavy (non-hydrogen) atoms. The Balaban J connectivity index is 2.39. The van der Waals surface area contributed by atoms with Gasteiger partial charge >= 0.3 is 0 Å². The Kier molecular flexibility index (Phi) is 4.10. The molecular formula is C7H13N3OS. The number of ether oxygens (including phenoxy) is 1. The summed E-state index contributed by atoms with van der Waals surface area (Å²) < 4.78 is 6.98. The van der Waals surface area contributed by atoms with Gasteiger partial charge < -0.3 is 9.30 Å². The minimum Gasteiger partial charge on any atom is -0.385 e. The highest BCUT2D eigenvalue weighted by atomic mass is 32.2. The maximum absolute atomic E-state index is 4.95. The molecule has 1 heterocycles. The van der Waals surface area contributed by atoms with Crippen LogP contribution in [0.3, 0.4) is 0 Å². The number of thioether (sulfide) groups is 1. The second-order valence-corrected chi connectivity index (χ2v) is 3.13. The van der Waals surface area contributed by atoms with Crippen LogP contribution in [0.1, 0.15) is 6.42 Å². The van der Waals surface area contributed by atoms with Crippen LogP contribution < -0.4 is 0 Å². The summed E-state index contributed by atoms with van der Waals surface area (Å²) in [6.45, 7) is 1.71. The molecule has 0 atom stereocenters. The van der Waals surface area contributed by atoms with Crippen molar-refractivity contribution in [3.05, 3.63) is 6.33 Å². The highest BCUT2D eigenvalue weighted by Gasteiger charge is 2.00. The number of aryl methyl sites for hydroxylation is 1. The monoisotopic (exact) mass is 187 g/mol. The van der Waals surface area contributed by atoms with Gasteiger partial charge in [-0.3, -0.25) is 0 Å². The third kappa shape index (κ3) is 2.49. The lowest BCUT2D eigenvalue weighted by Gasteiger charge is -2.02. The molecule has 0 fully saturated rings. The first-order valence-corrected chi connectivity index (χ1v) is 5.01. The number of rotatable bonds is 5. The molecule has 0 bridgehead atoms. The molecule has 0 spiro atoms. The molecular weight excluding hydrogens is 174 g/mol. The lowest BCUT2D eigenvalue weighted by Crippen LogP contribution is -2.01. The Morgan fingerprint density at radius 3 is 3.17 bits per heavy atom. The van der Waals surface area contributed by atoms with Gasteiger partial charge in [-0.25, -0.2) is 0 Å². The maximum atomic E-state index is 4.95. The zero-order chi connectivity index (χ0) is 8.81. The van der Waals surface area contributed by atoms with Crippen molar-refractivity contribution >= 4 is 11.8 Å². The lowest BCUT2D eigenvalue weighted by molar-refractivity contribution is 0.189. The molecule has 0 N–H and O–H groups in total. The van der Waals surface area contributed by atoms with Crippen molar-refractivity contribution in [1.29, 1.82) is 0 Å². The van der Waals surface area contributed by atoms with E-state index in [1.165, 1.54) is 0 Å². The van der Waals surface area contributed by atoms with E-state index in [-0.39, 0.29) is 0 Å². The number of methoxy groups -OCH3 is 1. The van der Waals surface area contributed by atoms with Crippen LogP contribution in [0, 0.1) is 0 Å². The smallest absolute Gasteiger partial charge is 0.190 e. The predicted octanol–water partition coefficient (Wildman–Crippen LogP) is 1.04. The average molecular weight is 187 g/mol. The van der Waals surface area contributed by atoms with Crippen molar-refractivity contribution in [3.8, 4) is 0 Å². The fraction of sp³-hybridized carbons (Fsp3) is 0.714. The van der Waals surface area contributed by atoms with Gasteiger partial charge in [-0.2, -0.15) is 0 Å². The summed E-state index contributed by atoms with van der Waals surface area (Å²) in [5.41, 5.74) is 0. The van der Waals surface area contributed by atoms with E-state index in [9.17, 15) is 0 Å². The Morgan fingerprint density at radius 1 is 1.67 bits per heavy atom. The molecule has 0 aliphatic rings. The number of nitrogens with zero attached hydrogens (tertiary/aromatic N) is 3. The molecule has 4 nitrogen and oxygen atoms in total. The van der Waals surface area contributed by atoms with E-state index in [4.69, 9.17) is 4.74 Å². The van der Waals surface area contributed by atoms with Crippen molar-refractivity contribution in [3.63, 3.8) is 0 Å². The summed E-state index contributed by atoms with van der Waals surface area (Å²) >= 11 is 1.61. The van der Waals surface area contributed by atoms with Crippen LogP contribution >= 0.6 is 11.8 Å². The first kappa shape index (κ1) is 9.54. The second kappa shape index (κ2) is 5.16. The van der Waals surface area contributed by atoms with Crippen LogP contribution in [0.4, 0.5) is 0 Å². The molecule has 0 unspecified atom stereocenters. The standard InChI is InChI=1S/C7H13N3OS/c1-11-5-3-4-10-6-8-9-7(10)12-2/h6H,3-5H2,1-2H3. The van der Waals surface area contributed by atoms with Gasteiger partial charge in [0.2, 0.25) is 0 Å². The molecule has 0 aliphatic heterocycles. The molecule has 0 saturated carbocycles. The molecule has 0 aromatic carbocycles. The van der Waals surface area contributed by atoms with E-state index in [0.29, 0.717) is 0 Å². The fourth-order valence-corrected chi connectivity index (χ4v) is 1.44. The van der Waals surface area contributed by atoms with E-state index in [1.54, 1.807) is 25.2 Å². The Bertz CT molecular complexity index is 226. The van der Waals surface area contributed by atoms with E-state index in [1.807, 2.05) is 10.8 Å². The van der Waals surface area contributed by atoms with E-state index < -0.39 is 0 Å². The molecule has 0 saturated heterocycles. The molecule has 0 radical (unpaired) electrons. The summed E-state index contributed by atoms with van der Waals surface area (Å²) in [4.78, 5) is 0. The molecule has 68 valence electrons. The highest BCUT2D eigenvalue weighted by molar-refractivity contribution is 7.98. The van der Waals surface area contributed by atoms with Gasteiger partial charge in [-0.15, -0.1) is 10.2 Å².